The number of amides is 1. The van der Waals surface area contributed by atoms with Gasteiger partial charge in [-0.2, -0.15) is 5.26 Å². The number of benzene rings is 1. The van der Waals surface area contributed by atoms with E-state index in [-0.39, 0.29) is 17.1 Å². The maximum Gasteiger partial charge on any atom is 0.234 e. The summed E-state index contributed by atoms with van der Waals surface area (Å²) in [7, 11) is 0. The Kier molecular flexibility index (Phi) is 6.87. The van der Waals surface area contributed by atoms with Gasteiger partial charge in [-0.05, 0) is 65.8 Å². The molecule has 0 aliphatic heterocycles. The Labute approximate surface area is 202 Å². The quantitative estimate of drug-likeness (QED) is 0.413. The largest absolute Gasteiger partial charge is 0.325 e. The molecule has 1 N–H and O–H groups in total. The number of carbonyl (C=O) groups excluding carboxylic acids is 1. The van der Waals surface area contributed by atoms with Crippen LogP contribution in [0.5, 0.6) is 0 Å². The second-order valence-electron chi connectivity index (χ2n) is 9.33. The Bertz CT molecular complexity index is 1210. The van der Waals surface area contributed by atoms with Crippen LogP contribution in [-0.4, -0.2) is 16.6 Å². The van der Waals surface area contributed by atoms with E-state index in [1.165, 1.54) is 29.5 Å². The van der Waals surface area contributed by atoms with Crippen LogP contribution in [0.25, 0.3) is 10.4 Å². The normalized spacial score (nSPS) is 15.5. The predicted molar refractivity (Wildman–Crippen MR) is 133 cm³/mol. The van der Waals surface area contributed by atoms with Crippen LogP contribution in [-0.2, 0) is 17.6 Å². The standard InChI is InChI=1S/C26H26FN3OS2/c1-26(2,3)16-9-10-21-19(12-16)24(22-8-5-11-32-22)20(14-28)25(30-21)33-15-23(31)29-18-7-4-6-17(27)13-18/h4-8,11,13,16H,9-10,12,15H2,1-3H3,(H,29,31)/t16-/m1/s1. The van der Waals surface area contributed by atoms with Crippen molar-refractivity contribution in [2.24, 2.45) is 11.3 Å². The molecule has 0 radical (unpaired) electrons. The van der Waals surface area contributed by atoms with Gasteiger partial charge in [0.05, 0.1) is 11.3 Å². The molecule has 4 rings (SSSR count). The van der Waals surface area contributed by atoms with Crippen molar-refractivity contribution in [2.75, 3.05) is 11.1 Å². The number of thiophene rings is 1. The fraction of sp³-hybridized carbons (Fsp3) is 0.346. The molecule has 1 aliphatic rings. The van der Waals surface area contributed by atoms with Crippen molar-refractivity contribution in [3.8, 4) is 16.5 Å². The first-order valence-electron chi connectivity index (χ1n) is 10.9. The Morgan fingerprint density at radius 2 is 2.15 bits per heavy atom. The van der Waals surface area contributed by atoms with Gasteiger partial charge in [-0.1, -0.05) is 44.7 Å². The Morgan fingerprint density at radius 1 is 1.33 bits per heavy atom. The first-order valence-corrected chi connectivity index (χ1v) is 12.8. The smallest absolute Gasteiger partial charge is 0.234 e. The highest BCUT2D eigenvalue weighted by Gasteiger charge is 2.33. The second kappa shape index (κ2) is 9.66. The van der Waals surface area contributed by atoms with Crippen molar-refractivity contribution in [1.82, 2.24) is 4.98 Å². The molecule has 2 aromatic heterocycles. The summed E-state index contributed by atoms with van der Waals surface area (Å²) < 4.78 is 13.4. The zero-order valence-corrected chi connectivity index (χ0v) is 20.6. The SMILES string of the molecule is CC(C)(C)[C@@H]1CCc2nc(SCC(=O)Nc3cccc(F)c3)c(C#N)c(-c3cccs3)c2C1. The molecular formula is C26H26FN3OS2. The van der Waals surface area contributed by atoms with Gasteiger partial charge in [-0.25, -0.2) is 9.37 Å². The van der Waals surface area contributed by atoms with E-state index in [4.69, 9.17) is 4.98 Å². The molecule has 7 heteroatoms. The highest BCUT2D eigenvalue weighted by molar-refractivity contribution is 8.00. The summed E-state index contributed by atoms with van der Waals surface area (Å²) in [6, 6.07) is 12.2. The minimum atomic E-state index is -0.405. The highest BCUT2D eigenvalue weighted by Crippen LogP contribution is 2.44. The lowest BCUT2D eigenvalue weighted by Crippen LogP contribution is -2.28. The number of aromatic nitrogens is 1. The van der Waals surface area contributed by atoms with E-state index in [1.807, 2.05) is 17.5 Å². The Balaban J connectivity index is 1.65. The third kappa shape index (κ3) is 5.29. The first-order chi connectivity index (χ1) is 15.8. The van der Waals surface area contributed by atoms with Gasteiger partial charge in [0.1, 0.15) is 16.9 Å². The average molecular weight is 480 g/mol. The van der Waals surface area contributed by atoms with Crippen LogP contribution in [0.15, 0.2) is 46.8 Å². The maximum atomic E-state index is 13.4. The fourth-order valence-electron chi connectivity index (χ4n) is 4.27. The molecule has 4 nitrogen and oxygen atoms in total. The Morgan fingerprint density at radius 3 is 2.82 bits per heavy atom. The van der Waals surface area contributed by atoms with Crippen molar-refractivity contribution in [3.05, 3.63) is 64.4 Å². The topological polar surface area (TPSA) is 65.8 Å². The monoisotopic (exact) mass is 479 g/mol. The number of nitriles is 1. The maximum absolute atomic E-state index is 13.4. The number of aryl methyl sites for hydroxylation is 1. The highest BCUT2D eigenvalue weighted by atomic mass is 32.2. The number of thioether (sulfide) groups is 1. The van der Waals surface area contributed by atoms with Gasteiger partial charge < -0.3 is 5.32 Å². The molecule has 0 bridgehead atoms. The molecule has 0 fully saturated rings. The summed E-state index contributed by atoms with van der Waals surface area (Å²) in [6.07, 6.45) is 2.83. The van der Waals surface area contributed by atoms with Gasteiger partial charge in [0.15, 0.2) is 0 Å². The number of carbonyl (C=O) groups is 1. The fourth-order valence-corrected chi connectivity index (χ4v) is 5.88. The molecule has 0 saturated carbocycles. The summed E-state index contributed by atoms with van der Waals surface area (Å²) in [5.41, 5.74) is 4.31. The predicted octanol–water partition coefficient (Wildman–Crippen LogP) is 6.70. The summed E-state index contributed by atoms with van der Waals surface area (Å²) in [5.74, 6) is -0.0596. The van der Waals surface area contributed by atoms with E-state index in [1.54, 1.807) is 23.5 Å². The van der Waals surface area contributed by atoms with Gasteiger partial charge in [-0.3, -0.25) is 4.79 Å². The molecule has 1 amide bonds. The molecule has 1 atom stereocenters. The van der Waals surface area contributed by atoms with Gasteiger partial charge in [0.25, 0.3) is 0 Å². The average Bonchev–Trinajstić information content (AvgIpc) is 3.30. The van der Waals surface area contributed by atoms with Crippen LogP contribution < -0.4 is 5.32 Å². The third-order valence-electron chi connectivity index (χ3n) is 6.08. The number of anilines is 1. The molecule has 1 aliphatic carbocycles. The number of hydrogen-bond donors (Lipinski definition) is 1. The van der Waals surface area contributed by atoms with Crippen molar-refractivity contribution in [1.29, 1.82) is 5.26 Å². The van der Waals surface area contributed by atoms with E-state index in [0.717, 1.165) is 35.4 Å². The number of nitrogens with one attached hydrogen (secondary N) is 1. The lowest BCUT2D eigenvalue weighted by atomic mass is 9.70. The lowest BCUT2D eigenvalue weighted by molar-refractivity contribution is -0.113. The molecule has 2 heterocycles. The van der Waals surface area contributed by atoms with Crippen molar-refractivity contribution >= 4 is 34.7 Å². The molecule has 0 unspecified atom stereocenters. The number of halogens is 1. The molecular weight excluding hydrogens is 453 g/mol. The minimum Gasteiger partial charge on any atom is -0.325 e. The second-order valence-corrected chi connectivity index (χ2v) is 11.2. The number of nitrogens with zero attached hydrogens (tertiary/aromatic N) is 2. The van der Waals surface area contributed by atoms with Gasteiger partial charge >= 0.3 is 0 Å². The minimum absolute atomic E-state index is 0.0888. The number of rotatable bonds is 5. The van der Waals surface area contributed by atoms with Crippen molar-refractivity contribution < 1.29 is 9.18 Å². The zero-order valence-electron chi connectivity index (χ0n) is 18.9. The molecule has 0 saturated heterocycles. The summed E-state index contributed by atoms with van der Waals surface area (Å²) in [6.45, 7) is 6.81. The Hall–Kier alpha value is -2.69. The van der Waals surface area contributed by atoms with Gasteiger partial charge in [-0.15, -0.1) is 11.3 Å². The van der Waals surface area contributed by atoms with Crippen LogP contribution in [0.1, 0.15) is 44.0 Å². The van der Waals surface area contributed by atoms with Crippen molar-refractivity contribution in [3.63, 3.8) is 0 Å². The van der Waals surface area contributed by atoms with Crippen LogP contribution in [0.2, 0.25) is 0 Å². The van der Waals surface area contributed by atoms with E-state index < -0.39 is 5.82 Å². The molecule has 0 spiro atoms. The molecule has 170 valence electrons. The van der Waals surface area contributed by atoms with E-state index in [0.29, 0.717) is 22.2 Å². The van der Waals surface area contributed by atoms with Crippen LogP contribution in [0.3, 0.4) is 0 Å². The van der Waals surface area contributed by atoms with E-state index in [9.17, 15) is 14.4 Å². The van der Waals surface area contributed by atoms with Crippen LogP contribution >= 0.6 is 23.1 Å². The van der Waals surface area contributed by atoms with E-state index in [2.05, 4.69) is 32.2 Å². The van der Waals surface area contributed by atoms with Crippen LogP contribution in [0, 0.1) is 28.5 Å². The number of fused-ring (bicyclic) bond motifs is 1. The summed E-state index contributed by atoms with van der Waals surface area (Å²) >= 11 is 2.88. The van der Waals surface area contributed by atoms with Crippen LogP contribution in [0.4, 0.5) is 10.1 Å². The van der Waals surface area contributed by atoms with Gasteiger partial charge in [0, 0.05) is 21.8 Å². The third-order valence-corrected chi connectivity index (χ3v) is 7.95. The summed E-state index contributed by atoms with van der Waals surface area (Å²) in [5, 5.41) is 15.4. The molecule has 3 aromatic rings. The van der Waals surface area contributed by atoms with Gasteiger partial charge in [0.2, 0.25) is 5.91 Å². The lowest BCUT2D eigenvalue weighted by Gasteiger charge is -2.35. The molecule has 1 aromatic carbocycles. The zero-order chi connectivity index (χ0) is 23.6. The summed E-state index contributed by atoms with van der Waals surface area (Å²) in [4.78, 5) is 18.4. The number of pyridine rings is 1. The van der Waals surface area contributed by atoms with Crippen molar-refractivity contribution in [2.45, 2.75) is 45.1 Å². The number of hydrogen-bond acceptors (Lipinski definition) is 5. The molecule has 33 heavy (non-hydrogen) atoms. The first kappa shape index (κ1) is 23.5. The van der Waals surface area contributed by atoms with E-state index >= 15 is 0 Å².